The number of carbonyl (C=O) groups is 1. The molecule has 0 unspecified atom stereocenters. The van der Waals surface area contributed by atoms with E-state index in [0.717, 1.165) is 44.0 Å². The summed E-state index contributed by atoms with van der Waals surface area (Å²) in [5, 5.41) is 9.74. The topological polar surface area (TPSA) is 80.7 Å². The molecule has 0 saturated carbocycles. The molecule has 4 aliphatic rings. The van der Waals surface area contributed by atoms with Crippen molar-refractivity contribution in [2.24, 2.45) is 5.92 Å². The van der Waals surface area contributed by atoms with E-state index in [1.807, 2.05) is 30.0 Å². The molecule has 3 aliphatic heterocycles. The van der Waals surface area contributed by atoms with Crippen LogP contribution in [0.4, 0.5) is 0 Å². The van der Waals surface area contributed by atoms with E-state index in [0.29, 0.717) is 31.9 Å². The lowest BCUT2D eigenvalue weighted by Crippen LogP contribution is -2.49. The number of aliphatic hydroxyl groups is 1. The van der Waals surface area contributed by atoms with Gasteiger partial charge in [-0.05, 0) is 77.8 Å². The van der Waals surface area contributed by atoms with E-state index < -0.39 is 6.29 Å². The third-order valence-electron chi connectivity index (χ3n) is 9.37. The molecule has 0 aromatic heterocycles. The molecule has 3 aromatic carbocycles. The first kappa shape index (κ1) is 28.9. The predicted octanol–water partition coefficient (Wildman–Crippen LogP) is 5.08. The molecule has 3 atom stereocenters. The number of nitrogens with zero attached hydrogens (tertiary/aromatic N) is 2. The van der Waals surface area contributed by atoms with Crippen LogP contribution in [0, 0.1) is 5.92 Å². The zero-order chi connectivity index (χ0) is 30.0. The fraction of sp³-hybridized carbons (Fsp3) is 0.417. The van der Waals surface area contributed by atoms with Crippen LogP contribution in [0.3, 0.4) is 0 Å². The van der Waals surface area contributed by atoms with Crippen molar-refractivity contribution in [2.75, 3.05) is 46.2 Å². The number of amides is 1. The first-order valence-electron chi connectivity index (χ1n) is 15.8. The van der Waals surface area contributed by atoms with Crippen LogP contribution in [0.1, 0.15) is 47.9 Å². The van der Waals surface area contributed by atoms with Crippen molar-refractivity contribution in [3.8, 4) is 22.6 Å². The molecule has 0 bridgehead atoms. The second-order valence-electron chi connectivity index (χ2n) is 12.0. The van der Waals surface area contributed by atoms with Crippen molar-refractivity contribution in [3.05, 3.63) is 94.8 Å². The molecule has 1 fully saturated rings. The number of fused-ring (bicyclic) bond motifs is 4. The van der Waals surface area contributed by atoms with Gasteiger partial charge in [-0.25, -0.2) is 0 Å². The summed E-state index contributed by atoms with van der Waals surface area (Å²) in [7, 11) is 0. The smallest absolute Gasteiger partial charge is 0.288 e. The van der Waals surface area contributed by atoms with Crippen LogP contribution in [-0.4, -0.2) is 73.3 Å². The number of piperazine rings is 1. The summed E-state index contributed by atoms with van der Waals surface area (Å²) < 4.78 is 23.5. The average molecular weight is 597 g/mol. The number of hydrogen-bond donors (Lipinski definition) is 1. The zero-order valence-corrected chi connectivity index (χ0v) is 25.2. The Labute approximate surface area is 258 Å². The van der Waals surface area contributed by atoms with Gasteiger partial charge in [-0.1, -0.05) is 48.5 Å². The lowest BCUT2D eigenvalue weighted by atomic mass is 9.78. The van der Waals surface area contributed by atoms with Gasteiger partial charge < -0.3 is 29.0 Å². The van der Waals surface area contributed by atoms with Crippen molar-refractivity contribution < 1.29 is 28.8 Å². The van der Waals surface area contributed by atoms with Crippen LogP contribution in [0.5, 0.6) is 11.5 Å². The second kappa shape index (κ2) is 12.6. The predicted molar refractivity (Wildman–Crippen MR) is 166 cm³/mol. The number of ether oxygens (including phenoxy) is 4. The molecular weight excluding hydrogens is 556 g/mol. The van der Waals surface area contributed by atoms with Crippen LogP contribution in [0.15, 0.2) is 72.5 Å². The van der Waals surface area contributed by atoms with Crippen LogP contribution in [-0.2, 0) is 27.2 Å². The van der Waals surface area contributed by atoms with Gasteiger partial charge in [-0.15, -0.1) is 0 Å². The minimum Gasteiger partial charge on any atom is -0.459 e. The molecule has 1 amide bonds. The summed E-state index contributed by atoms with van der Waals surface area (Å²) in [5.41, 5.74) is 7.57. The van der Waals surface area contributed by atoms with E-state index >= 15 is 0 Å². The van der Waals surface area contributed by atoms with Gasteiger partial charge in [0.15, 0.2) is 17.3 Å². The lowest BCUT2D eigenvalue weighted by molar-refractivity contribution is -0.171. The SMILES string of the molecule is CCO[C@@H]1OC(C(=O)N2CCN(Cc3ccc4c(c3)OCO4)CC2)=C[C@H](c2cccc3c2Cc2ccccc2-3)[C@H]1CCCO. The number of carbonyl (C=O) groups excluding carboxylic acids is 1. The monoisotopic (exact) mass is 596 g/mol. The third kappa shape index (κ3) is 5.58. The molecule has 3 heterocycles. The molecule has 8 heteroatoms. The summed E-state index contributed by atoms with van der Waals surface area (Å²) in [6.07, 6.45) is 3.72. The molecule has 1 saturated heterocycles. The molecule has 1 aliphatic carbocycles. The van der Waals surface area contributed by atoms with E-state index in [2.05, 4.69) is 53.4 Å². The van der Waals surface area contributed by atoms with E-state index in [1.165, 1.54) is 33.4 Å². The normalized spacial score (nSPS) is 22.3. The van der Waals surface area contributed by atoms with Crippen LogP contribution >= 0.6 is 0 Å². The third-order valence-corrected chi connectivity index (χ3v) is 9.37. The van der Waals surface area contributed by atoms with Crippen LogP contribution in [0.2, 0.25) is 0 Å². The number of aliphatic hydroxyl groups excluding tert-OH is 1. The second-order valence-corrected chi connectivity index (χ2v) is 12.0. The number of benzene rings is 3. The molecular formula is C36H40N2O6. The van der Waals surface area contributed by atoms with E-state index in [-0.39, 0.29) is 31.1 Å². The van der Waals surface area contributed by atoms with Crippen molar-refractivity contribution in [1.29, 1.82) is 0 Å². The van der Waals surface area contributed by atoms with Crippen LogP contribution < -0.4 is 9.47 Å². The molecule has 0 spiro atoms. The van der Waals surface area contributed by atoms with E-state index in [1.54, 1.807) is 0 Å². The Bertz CT molecular complexity index is 1550. The molecule has 3 aromatic rings. The molecule has 8 nitrogen and oxygen atoms in total. The highest BCUT2D eigenvalue weighted by Gasteiger charge is 2.40. The largest absolute Gasteiger partial charge is 0.459 e. The molecule has 0 radical (unpaired) electrons. The van der Waals surface area contributed by atoms with Crippen molar-refractivity contribution in [2.45, 2.75) is 44.9 Å². The van der Waals surface area contributed by atoms with Crippen molar-refractivity contribution in [1.82, 2.24) is 9.80 Å². The minimum absolute atomic E-state index is 0.0209. The standard InChI is InChI=1S/C36H40N2O6/c1-2-41-36-29(11-6-18-39)31(28-10-5-9-27-26-8-4-3-7-25(26)20-30(27)28)21-34(44-36)35(40)38-16-14-37(15-17-38)22-24-12-13-32-33(19-24)43-23-42-32/h3-5,7-10,12-13,19,21,29,31,36,39H,2,6,11,14-18,20,22-23H2,1H3/t29-,31-,36-/m1/s1. The quantitative estimate of drug-likeness (QED) is 0.289. The highest BCUT2D eigenvalue weighted by atomic mass is 16.7. The fourth-order valence-electron chi connectivity index (χ4n) is 7.17. The first-order chi connectivity index (χ1) is 21.6. The van der Waals surface area contributed by atoms with Gasteiger partial charge in [0.05, 0.1) is 0 Å². The summed E-state index contributed by atoms with van der Waals surface area (Å²) in [4.78, 5) is 18.3. The Balaban J connectivity index is 1.12. The fourth-order valence-corrected chi connectivity index (χ4v) is 7.17. The molecule has 1 N–H and O–H groups in total. The summed E-state index contributed by atoms with van der Waals surface area (Å²) in [6, 6.07) is 21.2. The van der Waals surface area contributed by atoms with Gasteiger partial charge in [0.25, 0.3) is 5.91 Å². The minimum atomic E-state index is -0.563. The van der Waals surface area contributed by atoms with Gasteiger partial charge in [-0.2, -0.15) is 0 Å². The Morgan fingerprint density at radius 3 is 2.64 bits per heavy atom. The van der Waals surface area contributed by atoms with E-state index in [9.17, 15) is 9.90 Å². The Hall–Kier alpha value is -3.85. The van der Waals surface area contributed by atoms with Gasteiger partial charge in [0.1, 0.15) is 0 Å². The van der Waals surface area contributed by atoms with Gasteiger partial charge >= 0.3 is 0 Å². The average Bonchev–Trinajstić information content (AvgIpc) is 3.68. The summed E-state index contributed by atoms with van der Waals surface area (Å²) in [5.74, 6) is 1.78. The summed E-state index contributed by atoms with van der Waals surface area (Å²) >= 11 is 0. The molecule has 44 heavy (non-hydrogen) atoms. The first-order valence-corrected chi connectivity index (χ1v) is 15.8. The highest BCUT2D eigenvalue weighted by molar-refractivity contribution is 5.92. The van der Waals surface area contributed by atoms with Crippen molar-refractivity contribution in [3.63, 3.8) is 0 Å². The van der Waals surface area contributed by atoms with Crippen LogP contribution in [0.25, 0.3) is 11.1 Å². The highest BCUT2D eigenvalue weighted by Crippen LogP contribution is 2.46. The maximum absolute atomic E-state index is 14.0. The lowest BCUT2D eigenvalue weighted by Gasteiger charge is -2.40. The summed E-state index contributed by atoms with van der Waals surface area (Å²) in [6.45, 7) is 6.39. The maximum Gasteiger partial charge on any atom is 0.288 e. The number of rotatable bonds is 9. The Kier molecular flexibility index (Phi) is 8.30. The van der Waals surface area contributed by atoms with E-state index in [4.69, 9.17) is 18.9 Å². The number of hydrogen-bond acceptors (Lipinski definition) is 7. The molecule has 230 valence electrons. The Morgan fingerprint density at radius 1 is 0.977 bits per heavy atom. The number of allylic oxidation sites excluding steroid dienone is 1. The van der Waals surface area contributed by atoms with Crippen molar-refractivity contribution >= 4 is 5.91 Å². The van der Waals surface area contributed by atoms with Gasteiger partial charge in [0.2, 0.25) is 13.1 Å². The molecule has 7 rings (SSSR count). The Morgan fingerprint density at radius 2 is 1.80 bits per heavy atom. The van der Waals surface area contributed by atoms with Gasteiger partial charge in [0, 0.05) is 57.8 Å². The van der Waals surface area contributed by atoms with Gasteiger partial charge in [-0.3, -0.25) is 9.69 Å². The maximum atomic E-state index is 14.0. The zero-order valence-electron chi connectivity index (χ0n) is 25.2.